The van der Waals surface area contributed by atoms with Gasteiger partial charge in [-0.2, -0.15) is 5.10 Å². The summed E-state index contributed by atoms with van der Waals surface area (Å²) in [7, 11) is 0. The molecule has 1 aliphatic heterocycles. The van der Waals surface area contributed by atoms with Gasteiger partial charge in [-0.25, -0.2) is 14.1 Å². The molecule has 1 aromatic heterocycles. The molecule has 0 radical (unpaired) electrons. The van der Waals surface area contributed by atoms with Gasteiger partial charge in [0.25, 0.3) is 5.91 Å². The number of aryl methyl sites for hydroxylation is 1. The summed E-state index contributed by atoms with van der Waals surface area (Å²) in [6.45, 7) is 1.93. The van der Waals surface area contributed by atoms with E-state index in [1.807, 2.05) is 19.1 Å². The molecular formula is C17H14FN5O. The van der Waals surface area contributed by atoms with Crippen molar-refractivity contribution < 1.29 is 9.18 Å². The Morgan fingerprint density at radius 1 is 1.21 bits per heavy atom. The van der Waals surface area contributed by atoms with Crippen LogP contribution < -0.4 is 10.6 Å². The van der Waals surface area contributed by atoms with Gasteiger partial charge in [0.15, 0.2) is 0 Å². The third-order valence-electron chi connectivity index (χ3n) is 4.05. The smallest absolute Gasteiger partial charge is 0.255 e. The summed E-state index contributed by atoms with van der Waals surface area (Å²) in [6.07, 6.45) is 2.28. The summed E-state index contributed by atoms with van der Waals surface area (Å²) >= 11 is 0. The summed E-state index contributed by atoms with van der Waals surface area (Å²) < 4.78 is 15.8. The molecule has 2 heterocycles. The Kier molecular flexibility index (Phi) is 3.26. The Morgan fingerprint density at radius 3 is 2.83 bits per heavy atom. The van der Waals surface area contributed by atoms with Gasteiger partial charge in [0.05, 0.1) is 11.3 Å². The van der Waals surface area contributed by atoms with E-state index in [0.717, 1.165) is 11.3 Å². The molecule has 24 heavy (non-hydrogen) atoms. The van der Waals surface area contributed by atoms with Crippen molar-refractivity contribution in [3.63, 3.8) is 0 Å². The number of fused-ring (bicyclic) bond motifs is 1. The number of nitrogens with zero attached hydrogens (tertiary/aromatic N) is 3. The molecule has 0 saturated heterocycles. The highest BCUT2D eigenvalue weighted by atomic mass is 19.1. The lowest BCUT2D eigenvalue weighted by Gasteiger charge is -2.29. The normalized spacial score (nSPS) is 16.2. The molecule has 0 fully saturated rings. The first-order valence-corrected chi connectivity index (χ1v) is 7.45. The van der Waals surface area contributed by atoms with E-state index < -0.39 is 12.0 Å². The molecule has 0 unspecified atom stereocenters. The van der Waals surface area contributed by atoms with Crippen LogP contribution in [0.3, 0.4) is 0 Å². The van der Waals surface area contributed by atoms with Crippen LogP contribution in [0.5, 0.6) is 0 Å². The lowest BCUT2D eigenvalue weighted by atomic mass is 10.0. The maximum absolute atomic E-state index is 14.4. The van der Waals surface area contributed by atoms with E-state index in [-0.39, 0.29) is 5.91 Å². The Balaban J connectivity index is 1.69. The summed E-state index contributed by atoms with van der Waals surface area (Å²) in [5.41, 5.74) is 3.25. The molecule has 0 aliphatic carbocycles. The lowest BCUT2D eigenvalue weighted by Crippen LogP contribution is -2.38. The lowest BCUT2D eigenvalue weighted by molar-refractivity contribution is 0.0935. The Morgan fingerprint density at radius 2 is 2.08 bits per heavy atom. The van der Waals surface area contributed by atoms with Crippen molar-refractivity contribution in [1.29, 1.82) is 0 Å². The number of para-hydroxylation sites is 1. The van der Waals surface area contributed by atoms with Crippen molar-refractivity contribution in [2.75, 3.05) is 5.32 Å². The van der Waals surface area contributed by atoms with Crippen molar-refractivity contribution in [3.8, 4) is 5.69 Å². The molecule has 0 bridgehead atoms. The molecule has 6 nitrogen and oxygen atoms in total. The molecule has 7 heteroatoms. The predicted octanol–water partition coefficient (Wildman–Crippen LogP) is 2.57. The van der Waals surface area contributed by atoms with Crippen LogP contribution in [-0.2, 0) is 0 Å². The van der Waals surface area contributed by atoms with Gasteiger partial charge in [0.1, 0.15) is 30.3 Å². The van der Waals surface area contributed by atoms with E-state index in [9.17, 15) is 9.18 Å². The molecule has 4 rings (SSSR count). The van der Waals surface area contributed by atoms with E-state index >= 15 is 0 Å². The fourth-order valence-corrected chi connectivity index (χ4v) is 2.83. The number of amides is 1. The fourth-order valence-electron chi connectivity index (χ4n) is 2.83. The number of nitrogens with one attached hydrogen (secondary N) is 2. The van der Waals surface area contributed by atoms with Crippen molar-refractivity contribution in [1.82, 2.24) is 20.1 Å². The number of hydrogen-bond acceptors (Lipinski definition) is 4. The number of carbonyl (C=O) groups excluding carboxylic acids is 1. The highest BCUT2D eigenvalue weighted by Crippen LogP contribution is 2.30. The van der Waals surface area contributed by atoms with Gasteiger partial charge in [0, 0.05) is 0 Å². The number of hydrogen-bond donors (Lipinski definition) is 2. The maximum atomic E-state index is 14.4. The van der Waals surface area contributed by atoms with Crippen LogP contribution in [0.15, 0.2) is 49.1 Å². The minimum Gasteiger partial charge on any atom is -0.361 e. The van der Waals surface area contributed by atoms with Crippen LogP contribution in [-0.4, -0.2) is 20.7 Å². The van der Waals surface area contributed by atoms with Gasteiger partial charge in [0.2, 0.25) is 0 Å². The Labute approximate surface area is 137 Å². The summed E-state index contributed by atoms with van der Waals surface area (Å²) in [5, 5.41) is 10.0. The van der Waals surface area contributed by atoms with E-state index in [4.69, 9.17) is 0 Å². The van der Waals surface area contributed by atoms with Crippen molar-refractivity contribution in [2.45, 2.75) is 13.1 Å². The second-order valence-electron chi connectivity index (χ2n) is 5.60. The van der Waals surface area contributed by atoms with Crippen LogP contribution >= 0.6 is 0 Å². The van der Waals surface area contributed by atoms with Gasteiger partial charge in [-0.15, -0.1) is 0 Å². The fraction of sp³-hybridized carbons (Fsp3) is 0.118. The number of benzene rings is 2. The molecule has 2 N–H and O–H groups in total. The van der Waals surface area contributed by atoms with Crippen LogP contribution in [0.1, 0.15) is 27.7 Å². The van der Waals surface area contributed by atoms with Gasteiger partial charge in [-0.1, -0.05) is 18.2 Å². The largest absolute Gasteiger partial charge is 0.361 e. The van der Waals surface area contributed by atoms with Gasteiger partial charge in [-0.3, -0.25) is 4.79 Å². The van der Waals surface area contributed by atoms with E-state index in [1.54, 1.807) is 18.2 Å². The average Bonchev–Trinajstić information content (AvgIpc) is 3.10. The number of aromatic nitrogens is 3. The first-order chi connectivity index (χ1) is 11.6. The monoisotopic (exact) mass is 323 g/mol. The molecule has 0 spiro atoms. The van der Waals surface area contributed by atoms with Gasteiger partial charge in [-0.05, 0) is 36.2 Å². The zero-order chi connectivity index (χ0) is 16.7. The Hall–Kier alpha value is -3.22. The SMILES string of the molecule is Cc1cccc2c1N[C@H](c1ccc(-n3cncn3)c(F)c1)NC2=O. The highest BCUT2D eigenvalue weighted by Gasteiger charge is 2.26. The Bertz CT molecular complexity index is 923. The van der Waals surface area contributed by atoms with E-state index in [0.29, 0.717) is 16.8 Å². The average molecular weight is 323 g/mol. The number of halogens is 1. The maximum Gasteiger partial charge on any atom is 0.255 e. The number of anilines is 1. The summed E-state index contributed by atoms with van der Waals surface area (Å²) in [6, 6.07) is 10.3. The topological polar surface area (TPSA) is 71.8 Å². The second kappa shape index (κ2) is 5.45. The van der Waals surface area contributed by atoms with Crippen LogP contribution in [0.4, 0.5) is 10.1 Å². The molecule has 1 atom stereocenters. The molecule has 2 aromatic carbocycles. The first kappa shape index (κ1) is 14.4. The quantitative estimate of drug-likeness (QED) is 0.760. The molecule has 120 valence electrons. The van der Waals surface area contributed by atoms with Crippen molar-refractivity contribution in [3.05, 3.63) is 71.6 Å². The third-order valence-corrected chi connectivity index (χ3v) is 4.05. The molecule has 1 aliphatic rings. The van der Waals surface area contributed by atoms with Crippen molar-refractivity contribution in [2.24, 2.45) is 0 Å². The predicted molar refractivity (Wildman–Crippen MR) is 86.3 cm³/mol. The van der Waals surface area contributed by atoms with Crippen LogP contribution in [0.2, 0.25) is 0 Å². The molecule has 0 saturated carbocycles. The van der Waals surface area contributed by atoms with Crippen LogP contribution in [0.25, 0.3) is 5.69 Å². The molecule has 3 aromatic rings. The first-order valence-electron chi connectivity index (χ1n) is 7.45. The third kappa shape index (κ3) is 2.30. The molecular weight excluding hydrogens is 309 g/mol. The van der Waals surface area contributed by atoms with E-state index in [1.165, 1.54) is 23.4 Å². The minimum atomic E-state index is -0.495. The summed E-state index contributed by atoms with van der Waals surface area (Å²) in [4.78, 5) is 16.1. The number of rotatable bonds is 2. The van der Waals surface area contributed by atoms with E-state index in [2.05, 4.69) is 20.7 Å². The standard InChI is InChI=1S/C17H14FN5O/c1-10-3-2-4-12-15(10)21-16(22-17(12)24)11-5-6-14(13(18)7-11)23-9-19-8-20-23/h2-9,16,21H,1H3,(H,22,24)/t16-/m0/s1. The van der Waals surface area contributed by atoms with Crippen LogP contribution in [0, 0.1) is 12.7 Å². The molecule has 1 amide bonds. The highest BCUT2D eigenvalue weighted by molar-refractivity contribution is 6.02. The minimum absolute atomic E-state index is 0.182. The zero-order valence-electron chi connectivity index (χ0n) is 12.8. The van der Waals surface area contributed by atoms with Gasteiger partial charge >= 0.3 is 0 Å². The zero-order valence-corrected chi connectivity index (χ0v) is 12.8. The van der Waals surface area contributed by atoms with Gasteiger partial charge < -0.3 is 10.6 Å². The number of carbonyl (C=O) groups is 1. The second-order valence-corrected chi connectivity index (χ2v) is 5.60. The summed E-state index contributed by atoms with van der Waals surface area (Å²) in [5.74, 6) is -0.622. The van der Waals surface area contributed by atoms with Crippen molar-refractivity contribution >= 4 is 11.6 Å².